The van der Waals surface area contributed by atoms with Crippen LogP contribution in [0.1, 0.15) is 50.7 Å². The SMILES string of the molecule is CCCCn1c(-c2cccc3ccccc23)nc2c([N-]c3cccc4ccccc34)cccc21.CCCCn1c(-c2cccc3ccccc23)nc2c([N-]c3cccc4ccccc34)cccc21.[CH2-]c1ccccc1.[CH2-]c1ccccc1.[Zr+4]. The van der Waals surface area contributed by atoms with Gasteiger partial charge in [-0.1, -0.05) is 233 Å². The van der Waals surface area contributed by atoms with Crippen LogP contribution in [0.4, 0.5) is 22.7 Å². The summed E-state index contributed by atoms with van der Waals surface area (Å²) < 4.78 is 4.76. The summed E-state index contributed by atoms with van der Waals surface area (Å²) in [4.78, 5) is 10.5. The molecule has 0 N–H and O–H groups in total. The van der Waals surface area contributed by atoms with E-state index in [2.05, 4.69) is 243 Å². The standard InChI is InChI=1S/2C31H26N3.2C7H7.Zr/c2*1-2-3-21-34-29-20-10-19-28(32-27-18-9-14-23-12-5-7-16-25(23)27)30(29)33-31(34)26-17-8-13-22-11-4-6-15-24(22)26;2*1-7-5-3-2-4-6-7;/h2*4-20H,2-3,21H2,1H3;2*2-6H,1H2;/q4*-1;+4. The van der Waals surface area contributed by atoms with E-state index in [-0.39, 0.29) is 26.2 Å². The molecule has 14 rings (SSSR count). The zero-order chi connectivity index (χ0) is 56.0. The van der Waals surface area contributed by atoms with E-state index in [0.717, 1.165) is 117 Å². The fraction of sp³-hybridized carbons (Fsp3) is 0.105. The topological polar surface area (TPSA) is 63.8 Å². The van der Waals surface area contributed by atoms with Crippen LogP contribution in [-0.4, -0.2) is 19.1 Å². The Balaban J connectivity index is 0.000000149. The second-order valence-corrected chi connectivity index (χ2v) is 20.4. The van der Waals surface area contributed by atoms with Crippen molar-refractivity contribution in [2.45, 2.75) is 52.6 Å². The molecule has 0 bridgehead atoms. The third-order valence-corrected chi connectivity index (χ3v) is 14.7. The molecule has 2 aromatic heterocycles. The number of benzene rings is 12. The Morgan fingerprint density at radius 3 is 0.988 bits per heavy atom. The first-order valence-electron chi connectivity index (χ1n) is 28.5. The number of hydrogen-bond acceptors (Lipinski definition) is 2. The maximum Gasteiger partial charge on any atom is 4.00 e. The number of aryl methyl sites for hydroxylation is 2. The van der Waals surface area contributed by atoms with Gasteiger partial charge in [0, 0.05) is 24.2 Å². The van der Waals surface area contributed by atoms with E-state index in [4.69, 9.17) is 20.6 Å². The van der Waals surface area contributed by atoms with Crippen molar-refractivity contribution in [3.05, 3.63) is 303 Å². The molecule has 0 aliphatic heterocycles. The molecule has 0 radical (unpaired) electrons. The summed E-state index contributed by atoms with van der Waals surface area (Å²) in [7, 11) is 0. The van der Waals surface area contributed by atoms with E-state index in [1.54, 1.807) is 0 Å². The van der Waals surface area contributed by atoms with Gasteiger partial charge >= 0.3 is 26.2 Å². The first kappa shape index (κ1) is 57.1. The van der Waals surface area contributed by atoms with Crippen molar-refractivity contribution in [1.29, 1.82) is 0 Å². The van der Waals surface area contributed by atoms with Crippen LogP contribution < -0.4 is 0 Å². The normalized spacial score (nSPS) is 10.8. The Hall–Kier alpha value is -9.16. The zero-order valence-electron chi connectivity index (χ0n) is 47.2. The van der Waals surface area contributed by atoms with E-state index < -0.39 is 0 Å². The van der Waals surface area contributed by atoms with E-state index >= 15 is 0 Å². The molecule has 14 aromatic rings. The van der Waals surface area contributed by atoms with Gasteiger partial charge in [-0.05, 0) is 68.1 Å². The molecule has 0 atom stereocenters. The maximum absolute atomic E-state index is 5.23. The first-order valence-corrected chi connectivity index (χ1v) is 28.5. The van der Waals surface area contributed by atoms with Gasteiger partial charge in [-0.25, -0.2) is 9.97 Å². The van der Waals surface area contributed by atoms with Crippen LogP contribution in [0, 0.1) is 13.8 Å². The van der Waals surface area contributed by atoms with Gasteiger partial charge in [0.25, 0.3) is 0 Å². The predicted molar refractivity (Wildman–Crippen MR) is 350 cm³/mol. The summed E-state index contributed by atoms with van der Waals surface area (Å²) in [6.07, 6.45) is 4.48. The molecule has 0 amide bonds. The minimum atomic E-state index is 0. The Kier molecular flexibility index (Phi) is 18.9. The number of rotatable bonds is 12. The number of para-hydroxylation sites is 2. The molecule has 0 unspecified atom stereocenters. The first-order chi connectivity index (χ1) is 40.4. The van der Waals surface area contributed by atoms with Gasteiger partial charge in [-0.2, -0.15) is 49.2 Å². The van der Waals surface area contributed by atoms with Crippen LogP contribution in [0.3, 0.4) is 0 Å². The Bertz CT molecular complexity index is 4110. The molecule has 2 heterocycles. The van der Waals surface area contributed by atoms with Crippen LogP contribution in [0.5, 0.6) is 0 Å². The molecule has 83 heavy (non-hydrogen) atoms. The van der Waals surface area contributed by atoms with Crippen LogP contribution >= 0.6 is 0 Å². The average molecular weight is 1150 g/mol. The monoisotopic (exact) mass is 1150 g/mol. The van der Waals surface area contributed by atoms with Gasteiger partial charge in [-0.3, -0.25) is 0 Å². The molecular weight excluding hydrogens is 1090 g/mol. The summed E-state index contributed by atoms with van der Waals surface area (Å²) in [5, 5.41) is 19.8. The number of hydrogen-bond donors (Lipinski definition) is 0. The molecule has 7 heteroatoms. The van der Waals surface area contributed by atoms with Gasteiger partial charge in [-0.15, -0.1) is 47.0 Å². The van der Waals surface area contributed by atoms with Gasteiger partial charge in [0.1, 0.15) is 11.6 Å². The Labute approximate surface area is 507 Å². The van der Waals surface area contributed by atoms with Gasteiger partial charge < -0.3 is 19.8 Å². The minimum Gasteiger partial charge on any atom is -0.656 e. The molecule has 0 spiro atoms. The van der Waals surface area contributed by atoms with Crippen molar-refractivity contribution in [3.8, 4) is 22.8 Å². The fourth-order valence-corrected chi connectivity index (χ4v) is 10.6. The van der Waals surface area contributed by atoms with Crippen molar-refractivity contribution in [2.24, 2.45) is 0 Å². The van der Waals surface area contributed by atoms with E-state index in [9.17, 15) is 0 Å². The van der Waals surface area contributed by atoms with Crippen molar-refractivity contribution in [2.75, 3.05) is 0 Å². The molecule has 0 saturated heterocycles. The minimum absolute atomic E-state index is 0. The van der Waals surface area contributed by atoms with E-state index in [1.165, 1.54) is 43.4 Å². The van der Waals surface area contributed by atoms with Crippen molar-refractivity contribution in [1.82, 2.24) is 19.1 Å². The molecule has 0 fully saturated rings. The molecular formula is C76H66N6Zr. The van der Waals surface area contributed by atoms with Crippen molar-refractivity contribution >= 4 is 87.9 Å². The molecule has 12 aromatic carbocycles. The largest absolute Gasteiger partial charge is 4.00 e. The third-order valence-electron chi connectivity index (χ3n) is 14.7. The average Bonchev–Trinajstić information content (AvgIpc) is 4.23. The Morgan fingerprint density at radius 2 is 0.627 bits per heavy atom. The van der Waals surface area contributed by atoms with Crippen LogP contribution in [0.25, 0.3) is 98.6 Å². The van der Waals surface area contributed by atoms with Crippen molar-refractivity contribution < 1.29 is 26.2 Å². The van der Waals surface area contributed by atoms with Crippen LogP contribution in [0.2, 0.25) is 0 Å². The Morgan fingerprint density at radius 1 is 0.325 bits per heavy atom. The molecule has 0 aliphatic rings. The van der Waals surface area contributed by atoms with Crippen LogP contribution in [-0.2, 0) is 39.3 Å². The number of unbranched alkanes of at least 4 members (excludes halogenated alkanes) is 2. The number of fused-ring (bicyclic) bond motifs is 6. The summed E-state index contributed by atoms with van der Waals surface area (Å²) in [5.74, 6) is 2.03. The summed E-state index contributed by atoms with van der Waals surface area (Å²) in [5.41, 5.74) is 12.4. The smallest absolute Gasteiger partial charge is 0.656 e. The second-order valence-electron chi connectivity index (χ2n) is 20.4. The number of aromatic nitrogens is 4. The number of imidazole rings is 2. The summed E-state index contributed by atoms with van der Waals surface area (Å²) >= 11 is 0. The van der Waals surface area contributed by atoms with Gasteiger partial charge in [0.15, 0.2) is 0 Å². The van der Waals surface area contributed by atoms with E-state index in [1.807, 2.05) is 60.7 Å². The maximum atomic E-state index is 5.23. The quantitative estimate of drug-likeness (QED) is 0.114. The predicted octanol–water partition coefficient (Wildman–Crippen LogP) is 22.0. The third kappa shape index (κ3) is 13.1. The zero-order valence-corrected chi connectivity index (χ0v) is 49.7. The second kappa shape index (κ2) is 27.5. The summed E-state index contributed by atoms with van der Waals surface area (Å²) in [6.45, 7) is 13.8. The molecule has 6 nitrogen and oxygen atoms in total. The van der Waals surface area contributed by atoms with E-state index in [0.29, 0.717) is 0 Å². The summed E-state index contributed by atoms with van der Waals surface area (Å²) in [6, 6.07) is 91.9. The molecule has 0 saturated carbocycles. The van der Waals surface area contributed by atoms with Gasteiger partial charge in [0.05, 0.1) is 22.1 Å². The number of nitrogens with zero attached hydrogens (tertiary/aromatic N) is 6. The van der Waals surface area contributed by atoms with Crippen molar-refractivity contribution in [3.63, 3.8) is 0 Å². The molecule has 0 aliphatic carbocycles. The van der Waals surface area contributed by atoms with Crippen LogP contribution in [0.15, 0.2) is 267 Å². The van der Waals surface area contributed by atoms with Gasteiger partial charge in [0.2, 0.25) is 0 Å². The fourth-order valence-electron chi connectivity index (χ4n) is 10.6. The molecule has 404 valence electrons.